The highest BCUT2D eigenvalue weighted by Crippen LogP contribution is 2.44. The van der Waals surface area contributed by atoms with Crippen molar-refractivity contribution < 1.29 is 24.2 Å². The molecule has 0 radical (unpaired) electrons. The van der Waals surface area contributed by atoms with E-state index in [0.717, 1.165) is 11.1 Å². The van der Waals surface area contributed by atoms with Gasteiger partial charge in [-0.2, -0.15) is 0 Å². The molecule has 2 aromatic carbocycles. The molecule has 0 unspecified atom stereocenters. The number of aliphatic hydroxyl groups is 1. The SMILES string of the molecule is COC(=O)C[C@@H]1CN(C(=O)OCC2c3ccccc3-c3ccccc32)C[C@H]1O. The monoisotopic (exact) mass is 381 g/mol. The minimum absolute atomic E-state index is 0.00487. The van der Waals surface area contributed by atoms with Gasteiger partial charge in [-0.1, -0.05) is 48.5 Å². The first-order valence-electron chi connectivity index (χ1n) is 9.43. The number of ether oxygens (including phenoxy) is 2. The van der Waals surface area contributed by atoms with Gasteiger partial charge in [-0.15, -0.1) is 0 Å². The second-order valence-electron chi connectivity index (χ2n) is 7.32. The highest BCUT2D eigenvalue weighted by molar-refractivity contribution is 5.79. The first-order valence-corrected chi connectivity index (χ1v) is 9.43. The van der Waals surface area contributed by atoms with Gasteiger partial charge in [0.1, 0.15) is 6.61 Å². The minimum atomic E-state index is -0.750. The standard InChI is InChI=1S/C22H23NO5/c1-27-21(25)10-14-11-23(12-20(14)24)22(26)28-13-19-17-8-4-2-6-15(17)16-7-3-5-9-18(16)19/h2-9,14,19-20,24H,10-13H2,1H3/t14-,20-/m1/s1. The van der Waals surface area contributed by atoms with Gasteiger partial charge in [0.15, 0.2) is 0 Å². The van der Waals surface area contributed by atoms with Crippen LogP contribution >= 0.6 is 0 Å². The maximum absolute atomic E-state index is 12.5. The Bertz CT molecular complexity index is 851. The van der Waals surface area contributed by atoms with E-state index in [4.69, 9.17) is 4.74 Å². The number of amides is 1. The van der Waals surface area contributed by atoms with Crippen molar-refractivity contribution in [3.05, 3.63) is 59.7 Å². The largest absolute Gasteiger partial charge is 0.469 e. The van der Waals surface area contributed by atoms with Crippen LogP contribution in [0.1, 0.15) is 23.5 Å². The van der Waals surface area contributed by atoms with Gasteiger partial charge in [-0.3, -0.25) is 4.79 Å². The number of methoxy groups -OCH3 is 1. The molecule has 4 rings (SSSR count). The summed E-state index contributed by atoms with van der Waals surface area (Å²) in [6.07, 6.45) is -1.13. The fourth-order valence-corrected chi connectivity index (χ4v) is 4.19. The molecule has 1 saturated heterocycles. The van der Waals surface area contributed by atoms with E-state index in [9.17, 15) is 14.7 Å². The van der Waals surface area contributed by atoms with E-state index in [1.807, 2.05) is 24.3 Å². The van der Waals surface area contributed by atoms with Gasteiger partial charge in [-0.05, 0) is 22.3 Å². The fraction of sp³-hybridized carbons (Fsp3) is 0.364. The zero-order valence-corrected chi connectivity index (χ0v) is 15.7. The third-order valence-corrected chi connectivity index (χ3v) is 5.66. The summed E-state index contributed by atoms with van der Waals surface area (Å²) in [6.45, 7) is 0.687. The average Bonchev–Trinajstić information content (AvgIpc) is 3.24. The number of benzene rings is 2. The van der Waals surface area contributed by atoms with Crippen LogP contribution in [0.25, 0.3) is 11.1 Å². The van der Waals surface area contributed by atoms with E-state index in [-0.39, 0.29) is 38.0 Å². The third kappa shape index (κ3) is 3.36. The number of esters is 1. The van der Waals surface area contributed by atoms with Crippen LogP contribution < -0.4 is 0 Å². The third-order valence-electron chi connectivity index (χ3n) is 5.66. The number of nitrogens with zero attached hydrogens (tertiary/aromatic N) is 1. The maximum atomic E-state index is 12.5. The van der Waals surface area contributed by atoms with Crippen molar-refractivity contribution in [1.29, 1.82) is 0 Å². The van der Waals surface area contributed by atoms with E-state index >= 15 is 0 Å². The summed E-state index contributed by atoms with van der Waals surface area (Å²) in [5.41, 5.74) is 4.66. The smallest absolute Gasteiger partial charge is 0.409 e. The van der Waals surface area contributed by atoms with Gasteiger partial charge >= 0.3 is 12.1 Å². The number of carbonyl (C=O) groups is 2. The van der Waals surface area contributed by atoms with Crippen molar-refractivity contribution in [2.24, 2.45) is 5.92 Å². The molecule has 146 valence electrons. The number of hydrogen-bond donors (Lipinski definition) is 1. The fourth-order valence-electron chi connectivity index (χ4n) is 4.19. The Morgan fingerprint density at radius 1 is 1.04 bits per heavy atom. The molecule has 6 nitrogen and oxygen atoms in total. The van der Waals surface area contributed by atoms with E-state index in [1.54, 1.807) is 0 Å². The van der Waals surface area contributed by atoms with Gasteiger partial charge in [0.25, 0.3) is 0 Å². The molecule has 1 heterocycles. The summed E-state index contributed by atoms with van der Waals surface area (Å²) in [5, 5.41) is 10.1. The molecule has 6 heteroatoms. The first kappa shape index (κ1) is 18.5. The quantitative estimate of drug-likeness (QED) is 0.825. The Balaban J connectivity index is 1.42. The predicted octanol–water partition coefficient (Wildman–Crippen LogP) is 2.79. The van der Waals surface area contributed by atoms with Crippen LogP contribution in [0.4, 0.5) is 4.79 Å². The summed E-state index contributed by atoms with van der Waals surface area (Å²) in [4.78, 5) is 25.5. The van der Waals surface area contributed by atoms with E-state index in [2.05, 4.69) is 29.0 Å². The lowest BCUT2D eigenvalue weighted by Crippen LogP contribution is -2.31. The molecular formula is C22H23NO5. The zero-order chi connectivity index (χ0) is 19.7. The van der Waals surface area contributed by atoms with Gasteiger partial charge in [0.05, 0.1) is 26.2 Å². The van der Waals surface area contributed by atoms with Crippen molar-refractivity contribution >= 4 is 12.1 Å². The molecule has 2 aromatic rings. The second kappa shape index (κ2) is 7.64. The molecule has 1 amide bonds. The second-order valence-corrected chi connectivity index (χ2v) is 7.32. The molecule has 1 aliphatic carbocycles. The average molecular weight is 381 g/mol. The highest BCUT2D eigenvalue weighted by Gasteiger charge is 2.37. The van der Waals surface area contributed by atoms with Gasteiger partial charge in [-0.25, -0.2) is 4.79 Å². The Morgan fingerprint density at radius 3 is 2.25 bits per heavy atom. The van der Waals surface area contributed by atoms with Crippen LogP contribution in [0.2, 0.25) is 0 Å². The summed E-state index contributed by atoms with van der Waals surface area (Å²) >= 11 is 0. The van der Waals surface area contributed by atoms with Crippen molar-refractivity contribution in [2.45, 2.75) is 18.4 Å². The zero-order valence-electron chi connectivity index (χ0n) is 15.7. The molecule has 2 aliphatic rings. The molecule has 1 N–H and O–H groups in total. The Hall–Kier alpha value is -2.86. The summed E-state index contributed by atoms with van der Waals surface area (Å²) < 4.78 is 10.3. The Kier molecular flexibility index (Phi) is 5.05. The van der Waals surface area contributed by atoms with Crippen LogP contribution in [0.5, 0.6) is 0 Å². The molecule has 1 fully saturated rings. The molecule has 0 saturated carbocycles. The summed E-state index contributed by atoms with van der Waals surface area (Å²) in [5.74, 6) is -0.721. The molecule has 0 spiro atoms. The van der Waals surface area contributed by atoms with Gasteiger partial charge < -0.3 is 19.5 Å². The Morgan fingerprint density at radius 2 is 1.64 bits per heavy atom. The number of carbonyl (C=O) groups excluding carboxylic acids is 2. The van der Waals surface area contributed by atoms with Crippen LogP contribution in [0.3, 0.4) is 0 Å². The van der Waals surface area contributed by atoms with Gasteiger partial charge in [0.2, 0.25) is 0 Å². The lowest BCUT2D eigenvalue weighted by atomic mass is 9.98. The van der Waals surface area contributed by atoms with E-state index in [0.29, 0.717) is 0 Å². The lowest BCUT2D eigenvalue weighted by Gasteiger charge is -2.19. The normalized spacial score (nSPS) is 20.6. The maximum Gasteiger partial charge on any atom is 0.409 e. The van der Waals surface area contributed by atoms with Gasteiger partial charge in [0, 0.05) is 18.4 Å². The van der Waals surface area contributed by atoms with E-state index < -0.39 is 18.2 Å². The van der Waals surface area contributed by atoms with Crippen molar-refractivity contribution in [3.8, 4) is 11.1 Å². The molecule has 28 heavy (non-hydrogen) atoms. The van der Waals surface area contributed by atoms with E-state index in [1.165, 1.54) is 23.1 Å². The summed E-state index contributed by atoms with van der Waals surface area (Å²) in [7, 11) is 1.31. The molecule has 0 bridgehead atoms. The summed E-state index contributed by atoms with van der Waals surface area (Å²) in [6, 6.07) is 16.3. The molecule has 1 aliphatic heterocycles. The lowest BCUT2D eigenvalue weighted by molar-refractivity contribution is -0.142. The number of rotatable bonds is 4. The van der Waals surface area contributed by atoms with Crippen LogP contribution in [-0.2, 0) is 14.3 Å². The number of β-amino-alcohol motifs (C(OH)–C–C–N with tert-alkyl or cyclic N) is 1. The minimum Gasteiger partial charge on any atom is -0.469 e. The predicted molar refractivity (Wildman–Crippen MR) is 103 cm³/mol. The van der Waals surface area contributed by atoms with Crippen LogP contribution in [-0.4, -0.2) is 55.0 Å². The number of aliphatic hydroxyl groups excluding tert-OH is 1. The van der Waals surface area contributed by atoms with Crippen molar-refractivity contribution in [1.82, 2.24) is 4.90 Å². The molecule has 0 aromatic heterocycles. The molecular weight excluding hydrogens is 358 g/mol. The number of hydrogen-bond acceptors (Lipinski definition) is 5. The van der Waals surface area contributed by atoms with Crippen molar-refractivity contribution in [3.63, 3.8) is 0 Å². The number of fused-ring (bicyclic) bond motifs is 3. The van der Waals surface area contributed by atoms with Crippen LogP contribution in [0.15, 0.2) is 48.5 Å². The highest BCUT2D eigenvalue weighted by atomic mass is 16.6. The first-order chi connectivity index (χ1) is 13.6. The topological polar surface area (TPSA) is 76.1 Å². The number of likely N-dealkylation sites (tertiary alicyclic amines) is 1. The molecule has 2 atom stereocenters. The van der Waals surface area contributed by atoms with Crippen molar-refractivity contribution in [2.75, 3.05) is 26.8 Å². The van der Waals surface area contributed by atoms with Crippen LogP contribution in [0, 0.1) is 5.92 Å². The Labute approximate surface area is 163 Å².